The third kappa shape index (κ3) is 4.81. The van der Waals surface area contributed by atoms with Gasteiger partial charge < -0.3 is 18.9 Å². The summed E-state index contributed by atoms with van der Waals surface area (Å²) in [6, 6.07) is 20.9. The molecule has 0 saturated carbocycles. The van der Waals surface area contributed by atoms with Gasteiger partial charge in [0.25, 0.3) is 0 Å². The maximum Gasteiger partial charge on any atom is 0.231 e. The van der Waals surface area contributed by atoms with E-state index in [1.807, 2.05) is 53.1 Å². The Morgan fingerprint density at radius 3 is 2.54 bits per heavy atom. The van der Waals surface area contributed by atoms with Gasteiger partial charge in [-0.25, -0.2) is 0 Å². The summed E-state index contributed by atoms with van der Waals surface area (Å²) in [6.07, 6.45) is 0. The van der Waals surface area contributed by atoms with E-state index in [0.29, 0.717) is 28.8 Å². The molecule has 4 aromatic rings. The quantitative estimate of drug-likeness (QED) is 0.247. The molecule has 8 nitrogen and oxygen atoms in total. The zero-order valence-corrected chi connectivity index (χ0v) is 20.1. The number of aromatic nitrogens is 3. The van der Waals surface area contributed by atoms with E-state index in [9.17, 15) is 4.79 Å². The van der Waals surface area contributed by atoms with Crippen molar-refractivity contribution in [2.24, 2.45) is 0 Å². The summed E-state index contributed by atoms with van der Waals surface area (Å²) in [5.74, 6) is 3.42. The highest BCUT2D eigenvalue weighted by molar-refractivity contribution is 7.99. The molecule has 1 aliphatic rings. The van der Waals surface area contributed by atoms with Crippen LogP contribution in [0.4, 0.5) is 0 Å². The number of methoxy groups -OCH3 is 2. The monoisotopic (exact) mass is 489 g/mol. The van der Waals surface area contributed by atoms with Crippen LogP contribution in [0.5, 0.6) is 23.0 Å². The molecule has 0 bridgehead atoms. The Balaban J connectivity index is 1.41. The molecule has 1 aliphatic heterocycles. The van der Waals surface area contributed by atoms with Crippen LogP contribution >= 0.6 is 11.8 Å². The lowest BCUT2D eigenvalue weighted by Gasteiger charge is -2.11. The highest BCUT2D eigenvalue weighted by Crippen LogP contribution is 2.34. The van der Waals surface area contributed by atoms with Crippen molar-refractivity contribution in [2.45, 2.75) is 11.7 Å². The van der Waals surface area contributed by atoms with Crippen molar-refractivity contribution in [1.29, 1.82) is 0 Å². The summed E-state index contributed by atoms with van der Waals surface area (Å²) < 4.78 is 23.6. The predicted molar refractivity (Wildman–Crippen MR) is 132 cm³/mol. The number of thioether (sulfide) groups is 1. The molecular formula is C26H23N3O5S. The molecule has 0 saturated heterocycles. The van der Waals surface area contributed by atoms with E-state index in [-0.39, 0.29) is 18.3 Å². The normalized spacial score (nSPS) is 11.9. The highest BCUT2D eigenvalue weighted by Gasteiger charge is 2.19. The number of Topliss-reactive ketones (excluding diaryl/α,β-unsaturated/α-hetero) is 1. The topological polar surface area (TPSA) is 84.7 Å². The van der Waals surface area contributed by atoms with Gasteiger partial charge in [0.1, 0.15) is 0 Å². The molecule has 5 rings (SSSR count). The van der Waals surface area contributed by atoms with Crippen molar-refractivity contribution in [3.63, 3.8) is 0 Å². The molecule has 1 aromatic heterocycles. The van der Waals surface area contributed by atoms with Crippen LogP contribution in [-0.2, 0) is 6.54 Å². The maximum absolute atomic E-state index is 13.0. The van der Waals surface area contributed by atoms with Crippen molar-refractivity contribution in [3.05, 3.63) is 77.9 Å². The molecule has 0 aliphatic carbocycles. The molecule has 2 heterocycles. The second-order valence-electron chi connectivity index (χ2n) is 7.73. The van der Waals surface area contributed by atoms with Crippen molar-refractivity contribution in [2.75, 3.05) is 26.8 Å². The van der Waals surface area contributed by atoms with E-state index in [2.05, 4.69) is 10.2 Å². The number of carbonyl (C=O) groups is 1. The fourth-order valence-electron chi connectivity index (χ4n) is 3.78. The lowest BCUT2D eigenvalue weighted by molar-refractivity contribution is 0.102. The second-order valence-corrected chi connectivity index (χ2v) is 8.67. The van der Waals surface area contributed by atoms with Crippen LogP contribution in [0.2, 0.25) is 0 Å². The molecule has 178 valence electrons. The van der Waals surface area contributed by atoms with Gasteiger partial charge in [-0.2, -0.15) is 0 Å². The molecule has 3 aromatic carbocycles. The molecule has 0 amide bonds. The van der Waals surface area contributed by atoms with E-state index < -0.39 is 0 Å². The Morgan fingerprint density at radius 2 is 1.74 bits per heavy atom. The average molecular weight is 490 g/mol. The molecule has 0 fully saturated rings. The standard InChI is InChI=1S/C26H23N3O5S/c1-31-21-11-9-19(13-23(21)32-2)20(30)15-35-26-28-27-25(18-6-4-3-5-7-18)29(26)14-17-8-10-22-24(12-17)34-16-33-22/h3-13H,14-16H2,1-2H3. The third-order valence-corrected chi connectivity index (χ3v) is 6.53. The summed E-state index contributed by atoms with van der Waals surface area (Å²) in [6.45, 7) is 0.737. The van der Waals surface area contributed by atoms with Crippen LogP contribution in [-0.4, -0.2) is 47.3 Å². The van der Waals surface area contributed by atoms with Crippen molar-refractivity contribution < 1.29 is 23.7 Å². The molecule has 0 radical (unpaired) electrons. The Labute approximate surface area is 206 Å². The van der Waals surface area contributed by atoms with Gasteiger partial charge >= 0.3 is 0 Å². The fourth-order valence-corrected chi connectivity index (χ4v) is 4.62. The largest absolute Gasteiger partial charge is 0.493 e. The van der Waals surface area contributed by atoms with Gasteiger partial charge in [0.05, 0.1) is 26.5 Å². The smallest absolute Gasteiger partial charge is 0.231 e. The van der Waals surface area contributed by atoms with Gasteiger partial charge in [-0.15, -0.1) is 10.2 Å². The Bertz CT molecular complexity index is 1360. The molecule has 0 N–H and O–H groups in total. The van der Waals surface area contributed by atoms with Gasteiger partial charge in [-0.3, -0.25) is 9.36 Å². The molecule has 0 atom stereocenters. The molecular weight excluding hydrogens is 466 g/mol. The highest BCUT2D eigenvalue weighted by atomic mass is 32.2. The molecule has 35 heavy (non-hydrogen) atoms. The summed E-state index contributed by atoms with van der Waals surface area (Å²) >= 11 is 1.35. The van der Waals surface area contributed by atoms with E-state index in [4.69, 9.17) is 18.9 Å². The maximum atomic E-state index is 13.0. The van der Waals surface area contributed by atoms with E-state index in [1.165, 1.54) is 11.8 Å². The number of ether oxygens (including phenoxy) is 4. The molecule has 0 unspecified atom stereocenters. The van der Waals surface area contributed by atoms with Gasteiger partial charge in [-0.1, -0.05) is 48.2 Å². The molecule has 0 spiro atoms. The number of carbonyl (C=O) groups excluding carboxylic acids is 1. The number of benzene rings is 3. The average Bonchev–Trinajstić information content (AvgIpc) is 3.54. The lowest BCUT2D eigenvalue weighted by atomic mass is 10.1. The fraction of sp³-hybridized carbons (Fsp3) is 0.192. The Hall–Kier alpha value is -3.98. The van der Waals surface area contributed by atoms with Crippen LogP contribution < -0.4 is 18.9 Å². The first-order valence-corrected chi connectivity index (χ1v) is 11.9. The van der Waals surface area contributed by atoms with Crippen LogP contribution in [0.3, 0.4) is 0 Å². The van der Waals surface area contributed by atoms with Crippen molar-refractivity contribution >= 4 is 17.5 Å². The van der Waals surface area contributed by atoms with Gasteiger partial charge in [0.15, 0.2) is 39.8 Å². The predicted octanol–water partition coefficient (Wildman–Crippen LogP) is 4.71. The second kappa shape index (κ2) is 10.1. The summed E-state index contributed by atoms with van der Waals surface area (Å²) in [5.41, 5.74) is 2.50. The Kier molecular flexibility index (Phi) is 6.58. The first kappa shape index (κ1) is 22.8. The summed E-state index contributed by atoms with van der Waals surface area (Å²) in [4.78, 5) is 13.0. The number of fused-ring (bicyclic) bond motifs is 1. The van der Waals surface area contributed by atoms with Crippen molar-refractivity contribution in [3.8, 4) is 34.4 Å². The van der Waals surface area contributed by atoms with E-state index in [0.717, 1.165) is 28.5 Å². The number of ketones is 1. The first-order chi connectivity index (χ1) is 17.2. The Morgan fingerprint density at radius 1 is 0.943 bits per heavy atom. The van der Waals surface area contributed by atoms with E-state index >= 15 is 0 Å². The van der Waals surface area contributed by atoms with Crippen molar-refractivity contribution in [1.82, 2.24) is 14.8 Å². The minimum absolute atomic E-state index is 0.0464. The minimum atomic E-state index is -0.0464. The van der Waals surface area contributed by atoms with Crippen LogP contribution in [0.15, 0.2) is 71.9 Å². The SMILES string of the molecule is COc1ccc(C(=O)CSc2nnc(-c3ccccc3)n2Cc2ccc3c(c2)OCO3)cc1OC. The van der Waals surface area contributed by atoms with Gasteiger partial charge in [0.2, 0.25) is 6.79 Å². The van der Waals surface area contributed by atoms with Crippen LogP contribution in [0, 0.1) is 0 Å². The minimum Gasteiger partial charge on any atom is -0.493 e. The van der Waals surface area contributed by atoms with E-state index in [1.54, 1.807) is 32.4 Å². The summed E-state index contributed by atoms with van der Waals surface area (Å²) in [5, 5.41) is 9.50. The van der Waals surface area contributed by atoms with Crippen LogP contribution in [0.25, 0.3) is 11.4 Å². The summed E-state index contributed by atoms with van der Waals surface area (Å²) in [7, 11) is 3.11. The lowest BCUT2D eigenvalue weighted by Crippen LogP contribution is -2.07. The number of hydrogen-bond acceptors (Lipinski definition) is 8. The first-order valence-electron chi connectivity index (χ1n) is 10.9. The van der Waals surface area contributed by atoms with Gasteiger partial charge in [0, 0.05) is 11.1 Å². The zero-order valence-electron chi connectivity index (χ0n) is 19.3. The third-order valence-electron chi connectivity index (χ3n) is 5.56. The van der Waals surface area contributed by atoms with Crippen LogP contribution in [0.1, 0.15) is 15.9 Å². The van der Waals surface area contributed by atoms with Gasteiger partial charge in [-0.05, 0) is 35.9 Å². The zero-order chi connectivity index (χ0) is 24.2. The molecule has 9 heteroatoms. The number of nitrogens with zero attached hydrogens (tertiary/aromatic N) is 3. The number of rotatable bonds is 9. The number of hydrogen-bond donors (Lipinski definition) is 0.